The zero-order valence-corrected chi connectivity index (χ0v) is 18.7. The van der Waals surface area contributed by atoms with Gasteiger partial charge in [0.1, 0.15) is 18.1 Å². The lowest BCUT2D eigenvalue weighted by Gasteiger charge is -2.28. The Labute approximate surface area is 186 Å². The second-order valence-corrected chi connectivity index (χ2v) is 8.49. The van der Waals surface area contributed by atoms with Gasteiger partial charge in [-0.25, -0.2) is 4.79 Å². The van der Waals surface area contributed by atoms with Gasteiger partial charge in [-0.05, 0) is 57.1 Å². The van der Waals surface area contributed by atoms with Crippen LogP contribution in [0.2, 0.25) is 0 Å². The molecule has 0 aromatic carbocycles. The van der Waals surface area contributed by atoms with Gasteiger partial charge < -0.3 is 37.2 Å². The van der Waals surface area contributed by atoms with Crippen LogP contribution < -0.4 is 22.1 Å². The fourth-order valence-electron chi connectivity index (χ4n) is 3.37. The summed E-state index contributed by atoms with van der Waals surface area (Å²) in [5.41, 5.74) is 11.3. The molecule has 3 amide bonds. The number of amides is 3. The van der Waals surface area contributed by atoms with Gasteiger partial charge in [0.15, 0.2) is 0 Å². The molecule has 0 aliphatic carbocycles. The lowest BCUT2D eigenvalue weighted by molar-refractivity contribution is -0.143. The molecule has 1 aliphatic rings. The van der Waals surface area contributed by atoms with E-state index in [1.807, 2.05) is 6.26 Å². The van der Waals surface area contributed by atoms with Gasteiger partial charge in [0.05, 0.1) is 12.6 Å². The highest BCUT2D eigenvalue weighted by Gasteiger charge is 2.37. The van der Waals surface area contributed by atoms with E-state index in [9.17, 15) is 29.4 Å². The predicted molar refractivity (Wildman–Crippen MR) is 117 cm³/mol. The Balaban J connectivity index is 2.72. The van der Waals surface area contributed by atoms with Crippen molar-refractivity contribution in [2.45, 2.75) is 62.7 Å². The Kier molecular flexibility index (Phi) is 12.5. The molecule has 0 aromatic heterocycles. The van der Waals surface area contributed by atoms with Crippen molar-refractivity contribution in [2.24, 2.45) is 11.5 Å². The van der Waals surface area contributed by atoms with E-state index in [1.165, 1.54) is 4.90 Å². The van der Waals surface area contributed by atoms with Crippen molar-refractivity contribution in [3.05, 3.63) is 0 Å². The maximum absolute atomic E-state index is 12.7. The van der Waals surface area contributed by atoms with Crippen molar-refractivity contribution in [1.29, 1.82) is 0 Å². The molecular formula is C19H35N5O6S. The Bertz CT molecular complexity index is 623. The molecule has 0 radical (unpaired) electrons. The summed E-state index contributed by atoms with van der Waals surface area (Å²) in [5, 5.41) is 23.6. The highest BCUT2D eigenvalue weighted by atomic mass is 32.2. The fourth-order valence-corrected chi connectivity index (χ4v) is 3.86. The van der Waals surface area contributed by atoms with Gasteiger partial charge in [-0.15, -0.1) is 0 Å². The number of unbranched alkanes of at least 4 members (excludes halogenated alkanes) is 1. The van der Waals surface area contributed by atoms with Crippen LogP contribution in [0.15, 0.2) is 0 Å². The van der Waals surface area contributed by atoms with Gasteiger partial charge in [0, 0.05) is 6.54 Å². The van der Waals surface area contributed by atoms with Crippen LogP contribution in [0.1, 0.15) is 38.5 Å². The van der Waals surface area contributed by atoms with Crippen LogP contribution in [0, 0.1) is 0 Å². The molecule has 1 heterocycles. The lowest BCUT2D eigenvalue weighted by atomic mass is 10.1. The van der Waals surface area contributed by atoms with E-state index < -0.39 is 48.6 Å². The Morgan fingerprint density at radius 3 is 2.45 bits per heavy atom. The summed E-state index contributed by atoms with van der Waals surface area (Å²) in [5.74, 6) is -2.18. The molecule has 0 bridgehead atoms. The number of carbonyl (C=O) groups is 4. The number of hydrogen-bond acceptors (Lipinski definition) is 8. The van der Waals surface area contributed by atoms with Crippen molar-refractivity contribution < 1.29 is 29.4 Å². The number of carboxylic acid groups (broad SMARTS) is 1. The maximum atomic E-state index is 12.7. The molecular weight excluding hydrogens is 426 g/mol. The number of thioether (sulfide) groups is 1. The van der Waals surface area contributed by atoms with Crippen LogP contribution >= 0.6 is 11.8 Å². The van der Waals surface area contributed by atoms with Crippen LogP contribution in [0.4, 0.5) is 0 Å². The van der Waals surface area contributed by atoms with Crippen LogP contribution in [0.5, 0.6) is 0 Å². The number of rotatable bonds is 14. The van der Waals surface area contributed by atoms with E-state index in [0.29, 0.717) is 45.2 Å². The zero-order valence-electron chi connectivity index (χ0n) is 17.9. The summed E-state index contributed by atoms with van der Waals surface area (Å²) in [7, 11) is 0. The van der Waals surface area contributed by atoms with E-state index in [0.717, 1.165) is 5.75 Å². The number of carboxylic acids is 1. The standard InChI is InChI=1S/C19H35N5O6S/c1-31-10-7-12(21)18(28)24-9-4-6-15(24)17(27)23-14(11-25)16(26)22-13(19(29)30)5-2-3-8-20/h12-15,25H,2-11,20-21H2,1H3,(H,22,26)(H,23,27)(H,29,30). The van der Waals surface area contributed by atoms with Gasteiger partial charge >= 0.3 is 5.97 Å². The molecule has 0 spiro atoms. The molecule has 31 heavy (non-hydrogen) atoms. The summed E-state index contributed by atoms with van der Waals surface area (Å²) in [6, 6.07) is -3.97. The Morgan fingerprint density at radius 2 is 1.87 bits per heavy atom. The van der Waals surface area contributed by atoms with Crippen LogP contribution in [-0.4, -0.2) is 94.7 Å². The Hall–Kier alpha value is -1.89. The van der Waals surface area contributed by atoms with Crippen LogP contribution in [0.25, 0.3) is 0 Å². The quantitative estimate of drug-likeness (QED) is 0.163. The maximum Gasteiger partial charge on any atom is 0.326 e. The molecule has 1 saturated heterocycles. The molecule has 0 saturated carbocycles. The average Bonchev–Trinajstić information content (AvgIpc) is 3.24. The number of nitrogens with two attached hydrogens (primary N) is 2. The number of aliphatic carboxylic acids is 1. The SMILES string of the molecule is CSCCC(N)C(=O)N1CCCC1C(=O)NC(CO)C(=O)NC(CCCCN)C(=O)O. The summed E-state index contributed by atoms with van der Waals surface area (Å²) in [4.78, 5) is 50.6. The second-order valence-electron chi connectivity index (χ2n) is 7.51. The lowest BCUT2D eigenvalue weighted by Crippen LogP contribution is -2.57. The molecule has 4 atom stereocenters. The molecule has 8 N–H and O–H groups in total. The van der Waals surface area contributed by atoms with Gasteiger partial charge in [-0.3, -0.25) is 14.4 Å². The molecule has 11 nitrogen and oxygen atoms in total. The zero-order chi connectivity index (χ0) is 23.4. The highest BCUT2D eigenvalue weighted by molar-refractivity contribution is 7.98. The van der Waals surface area contributed by atoms with E-state index >= 15 is 0 Å². The van der Waals surface area contributed by atoms with Crippen LogP contribution in [-0.2, 0) is 19.2 Å². The highest BCUT2D eigenvalue weighted by Crippen LogP contribution is 2.19. The third-order valence-corrected chi connectivity index (χ3v) is 5.81. The van der Waals surface area contributed by atoms with Crippen molar-refractivity contribution in [3.8, 4) is 0 Å². The van der Waals surface area contributed by atoms with Crippen LogP contribution in [0.3, 0.4) is 0 Å². The molecule has 1 fully saturated rings. The van der Waals surface area contributed by atoms with Crippen molar-refractivity contribution in [3.63, 3.8) is 0 Å². The number of carbonyl (C=O) groups excluding carboxylic acids is 3. The van der Waals surface area contributed by atoms with E-state index in [2.05, 4.69) is 10.6 Å². The van der Waals surface area contributed by atoms with Crippen molar-refractivity contribution in [1.82, 2.24) is 15.5 Å². The monoisotopic (exact) mass is 461 g/mol. The topological polar surface area (TPSA) is 188 Å². The van der Waals surface area contributed by atoms with Gasteiger partial charge in [0.25, 0.3) is 0 Å². The van der Waals surface area contributed by atoms with Crippen molar-refractivity contribution >= 4 is 35.5 Å². The van der Waals surface area contributed by atoms with E-state index in [4.69, 9.17) is 11.5 Å². The summed E-state index contributed by atoms with van der Waals surface area (Å²) < 4.78 is 0. The summed E-state index contributed by atoms with van der Waals surface area (Å²) in [6.45, 7) is 0.0931. The second kappa shape index (κ2) is 14.2. The number of likely N-dealkylation sites (tertiary alicyclic amines) is 1. The predicted octanol–water partition coefficient (Wildman–Crippen LogP) is -1.77. The third-order valence-electron chi connectivity index (χ3n) is 5.17. The first-order chi connectivity index (χ1) is 14.8. The molecule has 178 valence electrons. The van der Waals surface area contributed by atoms with Gasteiger partial charge in [0.2, 0.25) is 17.7 Å². The molecule has 12 heteroatoms. The smallest absolute Gasteiger partial charge is 0.326 e. The molecule has 0 aromatic rings. The van der Waals surface area contributed by atoms with Gasteiger partial charge in [-0.1, -0.05) is 0 Å². The number of nitrogens with zero attached hydrogens (tertiary/aromatic N) is 1. The minimum Gasteiger partial charge on any atom is -0.480 e. The number of aliphatic hydroxyl groups excluding tert-OH is 1. The summed E-state index contributed by atoms with van der Waals surface area (Å²) in [6.07, 6.45) is 4.76. The fraction of sp³-hybridized carbons (Fsp3) is 0.789. The minimum absolute atomic E-state index is 0.184. The largest absolute Gasteiger partial charge is 0.480 e. The third kappa shape index (κ3) is 8.63. The molecule has 4 unspecified atom stereocenters. The molecule has 1 aliphatic heterocycles. The normalized spacial score (nSPS) is 18.8. The minimum atomic E-state index is -1.33. The first-order valence-electron chi connectivity index (χ1n) is 10.5. The summed E-state index contributed by atoms with van der Waals surface area (Å²) >= 11 is 1.57. The van der Waals surface area contributed by atoms with Crippen molar-refractivity contribution in [2.75, 3.05) is 31.7 Å². The number of nitrogens with one attached hydrogen (secondary N) is 2. The number of hydrogen-bond donors (Lipinski definition) is 6. The van der Waals surface area contributed by atoms with Gasteiger partial charge in [-0.2, -0.15) is 11.8 Å². The van der Waals surface area contributed by atoms with E-state index in [-0.39, 0.29) is 12.3 Å². The van der Waals surface area contributed by atoms with E-state index in [1.54, 1.807) is 11.8 Å². The first kappa shape index (κ1) is 27.1. The Morgan fingerprint density at radius 1 is 1.16 bits per heavy atom. The first-order valence-corrected chi connectivity index (χ1v) is 11.9. The molecule has 1 rings (SSSR count). The number of aliphatic hydroxyl groups is 1. The average molecular weight is 462 g/mol.